The third kappa shape index (κ3) is 4.31. The van der Waals surface area contributed by atoms with Crippen molar-refractivity contribution in [1.29, 1.82) is 0 Å². The molecule has 0 heterocycles. The van der Waals surface area contributed by atoms with Gasteiger partial charge < -0.3 is 5.32 Å². The van der Waals surface area contributed by atoms with Crippen LogP contribution < -0.4 is 5.32 Å². The average molecular weight is 274 g/mol. The van der Waals surface area contributed by atoms with Gasteiger partial charge in [-0.1, -0.05) is 28.9 Å². The Bertz CT molecular complexity index is 314. The van der Waals surface area contributed by atoms with Crippen molar-refractivity contribution in [1.82, 2.24) is 5.32 Å². The van der Waals surface area contributed by atoms with Crippen LogP contribution in [0.4, 0.5) is 4.39 Å². The van der Waals surface area contributed by atoms with Gasteiger partial charge in [0.05, 0.1) is 0 Å². The maximum Gasteiger partial charge on any atom is 0.124 e. The molecule has 1 atom stereocenters. The fourth-order valence-corrected chi connectivity index (χ4v) is 2.10. The summed E-state index contributed by atoms with van der Waals surface area (Å²) in [6.45, 7) is 5.26. The Morgan fingerprint density at radius 2 is 2.20 bits per heavy atom. The molecule has 1 unspecified atom stereocenters. The van der Waals surface area contributed by atoms with Crippen molar-refractivity contribution < 1.29 is 4.39 Å². The summed E-state index contributed by atoms with van der Waals surface area (Å²) in [5, 5.41) is 3.36. The topological polar surface area (TPSA) is 12.0 Å². The second-order valence-electron chi connectivity index (χ2n) is 3.73. The minimum absolute atomic E-state index is 0.189. The number of aryl methyl sites for hydroxylation is 1. The Labute approximate surface area is 99.2 Å². The summed E-state index contributed by atoms with van der Waals surface area (Å²) in [5.74, 6) is -0.189. The van der Waals surface area contributed by atoms with Gasteiger partial charge in [0, 0.05) is 10.5 Å². The molecule has 0 aliphatic heterocycles. The molecule has 1 N–H and O–H groups in total. The molecular formula is C12H17BrFN. The van der Waals surface area contributed by atoms with Crippen molar-refractivity contribution in [2.24, 2.45) is 0 Å². The Kier molecular flexibility index (Phi) is 5.26. The van der Waals surface area contributed by atoms with Crippen LogP contribution in [0.5, 0.6) is 0 Å². The highest BCUT2D eigenvalue weighted by Crippen LogP contribution is 2.19. The second kappa shape index (κ2) is 6.23. The normalized spacial score (nSPS) is 12.8. The molecule has 0 aliphatic rings. The predicted molar refractivity (Wildman–Crippen MR) is 65.6 cm³/mol. The predicted octanol–water partition coefficient (Wildman–Crippen LogP) is 3.52. The van der Waals surface area contributed by atoms with Crippen molar-refractivity contribution in [2.75, 3.05) is 6.54 Å². The van der Waals surface area contributed by atoms with Crippen molar-refractivity contribution in [3.63, 3.8) is 0 Å². The standard InChI is InChI=1S/C12H17BrFN/c1-3-15-9(2)4-5-10-6-7-11(14)8-12(10)13/h6-9,15H,3-5H2,1-2H3. The number of hydrogen-bond acceptors (Lipinski definition) is 1. The molecule has 0 saturated carbocycles. The highest BCUT2D eigenvalue weighted by molar-refractivity contribution is 9.10. The summed E-state index contributed by atoms with van der Waals surface area (Å²) >= 11 is 3.38. The molecule has 1 aromatic rings. The minimum atomic E-state index is -0.189. The smallest absolute Gasteiger partial charge is 0.124 e. The first-order valence-corrected chi connectivity index (χ1v) is 6.10. The van der Waals surface area contributed by atoms with Gasteiger partial charge in [0.1, 0.15) is 5.82 Å². The van der Waals surface area contributed by atoms with Gasteiger partial charge in [-0.05, 0) is 44.0 Å². The van der Waals surface area contributed by atoms with Gasteiger partial charge in [-0.2, -0.15) is 0 Å². The summed E-state index contributed by atoms with van der Waals surface area (Å²) in [6.07, 6.45) is 2.03. The van der Waals surface area contributed by atoms with Gasteiger partial charge in [0.2, 0.25) is 0 Å². The van der Waals surface area contributed by atoms with Crippen LogP contribution in [0, 0.1) is 5.82 Å². The molecule has 0 amide bonds. The van der Waals surface area contributed by atoms with Gasteiger partial charge >= 0.3 is 0 Å². The van der Waals surface area contributed by atoms with E-state index in [4.69, 9.17) is 0 Å². The summed E-state index contributed by atoms with van der Waals surface area (Å²) in [6, 6.07) is 5.38. The number of benzene rings is 1. The van der Waals surface area contributed by atoms with Crippen molar-refractivity contribution in [3.05, 3.63) is 34.1 Å². The summed E-state index contributed by atoms with van der Waals surface area (Å²) in [5.41, 5.74) is 1.17. The maximum absolute atomic E-state index is 12.8. The second-order valence-corrected chi connectivity index (χ2v) is 4.59. The van der Waals surface area contributed by atoms with E-state index >= 15 is 0 Å². The molecule has 0 fully saturated rings. The van der Waals surface area contributed by atoms with Gasteiger partial charge in [0.25, 0.3) is 0 Å². The lowest BCUT2D eigenvalue weighted by molar-refractivity contribution is 0.530. The lowest BCUT2D eigenvalue weighted by Crippen LogP contribution is -2.25. The number of hydrogen-bond donors (Lipinski definition) is 1. The SMILES string of the molecule is CCNC(C)CCc1ccc(F)cc1Br. The van der Waals surface area contributed by atoms with Crippen LogP contribution in [0.15, 0.2) is 22.7 Å². The van der Waals surface area contributed by atoms with Gasteiger partial charge in [-0.3, -0.25) is 0 Å². The summed E-state index contributed by atoms with van der Waals surface area (Å²) in [7, 11) is 0. The molecule has 0 spiro atoms. The molecule has 15 heavy (non-hydrogen) atoms. The van der Waals surface area contributed by atoms with E-state index in [9.17, 15) is 4.39 Å². The number of rotatable bonds is 5. The first kappa shape index (κ1) is 12.7. The van der Waals surface area contributed by atoms with E-state index < -0.39 is 0 Å². The van der Waals surface area contributed by atoms with Gasteiger partial charge in [0.15, 0.2) is 0 Å². The zero-order valence-electron chi connectivity index (χ0n) is 9.19. The number of nitrogens with one attached hydrogen (secondary N) is 1. The zero-order chi connectivity index (χ0) is 11.3. The molecule has 0 aliphatic carbocycles. The van der Waals surface area contributed by atoms with Crippen LogP contribution in [0.3, 0.4) is 0 Å². The van der Waals surface area contributed by atoms with Crippen LogP contribution in [-0.2, 0) is 6.42 Å². The maximum atomic E-state index is 12.8. The van der Waals surface area contributed by atoms with Crippen molar-refractivity contribution in [3.8, 4) is 0 Å². The van der Waals surface area contributed by atoms with E-state index in [0.717, 1.165) is 23.9 Å². The highest BCUT2D eigenvalue weighted by Gasteiger charge is 2.04. The third-order valence-electron chi connectivity index (χ3n) is 2.41. The van der Waals surface area contributed by atoms with Crippen LogP contribution in [0.1, 0.15) is 25.8 Å². The molecule has 0 radical (unpaired) electrons. The first-order chi connectivity index (χ1) is 7.13. The van der Waals surface area contributed by atoms with Crippen LogP contribution in [0.25, 0.3) is 0 Å². The van der Waals surface area contributed by atoms with Crippen molar-refractivity contribution in [2.45, 2.75) is 32.7 Å². The van der Waals surface area contributed by atoms with E-state index in [1.54, 1.807) is 0 Å². The molecule has 1 rings (SSSR count). The van der Waals surface area contributed by atoms with E-state index in [1.807, 2.05) is 6.07 Å². The van der Waals surface area contributed by atoms with Crippen molar-refractivity contribution >= 4 is 15.9 Å². The lowest BCUT2D eigenvalue weighted by atomic mass is 10.1. The molecule has 84 valence electrons. The fraction of sp³-hybridized carbons (Fsp3) is 0.500. The van der Waals surface area contributed by atoms with Crippen LogP contribution in [0.2, 0.25) is 0 Å². The van der Waals surface area contributed by atoms with Gasteiger partial charge in [-0.25, -0.2) is 4.39 Å². The average Bonchev–Trinajstić information content (AvgIpc) is 2.17. The molecule has 1 nitrogen and oxygen atoms in total. The Morgan fingerprint density at radius 1 is 1.47 bits per heavy atom. The van der Waals surface area contributed by atoms with E-state index in [1.165, 1.54) is 17.7 Å². The molecule has 0 bridgehead atoms. The molecule has 1 aromatic carbocycles. The molecule has 0 aromatic heterocycles. The van der Waals surface area contributed by atoms with Gasteiger partial charge in [-0.15, -0.1) is 0 Å². The number of halogens is 2. The molecular weight excluding hydrogens is 257 g/mol. The third-order valence-corrected chi connectivity index (χ3v) is 3.15. The van der Waals surface area contributed by atoms with Crippen LogP contribution in [-0.4, -0.2) is 12.6 Å². The first-order valence-electron chi connectivity index (χ1n) is 5.30. The highest BCUT2D eigenvalue weighted by atomic mass is 79.9. The lowest BCUT2D eigenvalue weighted by Gasteiger charge is -2.12. The Balaban J connectivity index is 2.50. The Hall–Kier alpha value is -0.410. The zero-order valence-corrected chi connectivity index (χ0v) is 10.8. The quantitative estimate of drug-likeness (QED) is 0.866. The summed E-state index contributed by atoms with van der Waals surface area (Å²) < 4.78 is 13.7. The van der Waals surface area contributed by atoms with E-state index in [-0.39, 0.29) is 5.82 Å². The van der Waals surface area contributed by atoms with E-state index in [2.05, 4.69) is 35.1 Å². The van der Waals surface area contributed by atoms with Crippen LogP contribution >= 0.6 is 15.9 Å². The largest absolute Gasteiger partial charge is 0.315 e. The monoisotopic (exact) mass is 273 g/mol. The van der Waals surface area contributed by atoms with E-state index in [0.29, 0.717) is 6.04 Å². The fourth-order valence-electron chi connectivity index (χ4n) is 1.55. The molecule has 0 saturated heterocycles. The minimum Gasteiger partial charge on any atom is -0.315 e. The molecule has 3 heteroatoms. The Morgan fingerprint density at radius 3 is 2.80 bits per heavy atom. The summed E-state index contributed by atoms with van der Waals surface area (Å²) in [4.78, 5) is 0.